The zero-order valence-electron chi connectivity index (χ0n) is 9.44. The van der Waals surface area contributed by atoms with Gasteiger partial charge in [0.05, 0.1) is 6.42 Å². The van der Waals surface area contributed by atoms with E-state index in [-0.39, 0.29) is 49.6 Å². The van der Waals surface area contributed by atoms with Crippen LogP contribution in [0.3, 0.4) is 0 Å². The summed E-state index contributed by atoms with van der Waals surface area (Å²) >= 11 is 3.58. The maximum atomic E-state index is 11.0. The van der Waals surface area contributed by atoms with Crippen LogP contribution in [-0.2, 0) is 19.2 Å². The van der Waals surface area contributed by atoms with Crippen LogP contribution in [0.25, 0.3) is 0 Å². The van der Waals surface area contributed by atoms with Crippen molar-refractivity contribution >= 4 is 30.5 Å². The number of amides is 1. The summed E-state index contributed by atoms with van der Waals surface area (Å²) in [6.45, 7) is 2.85. The van der Waals surface area contributed by atoms with Gasteiger partial charge in [-0.25, -0.2) is 4.79 Å². The summed E-state index contributed by atoms with van der Waals surface area (Å²) in [7, 11) is 0. The third kappa shape index (κ3) is 7.37. The van der Waals surface area contributed by atoms with Crippen molar-refractivity contribution in [3.05, 3.63) is 0 Å². The van der Waals surface area contributed by atoms with Crippen LogP contribution < -0.4 is 29.6 Å². The predicted molar refractivity (Wildman–Crippen MR) is 48.6 cm³/mol. The standard InChI is InChI=1S/C7H11NO4S.Na.H/c1-3-7(11)12-8(13)6(10)4-5(2)9;;/h13H,3-4H2,1-2H3;;/q;+1;-1. The Hall–Kier alpha value is -0.0400. The van der Waals surface area contributed by atoms with Crippen LogP contribution >= 0.6 is 12.8 Å². The molecule has 0 N–H and O–H groups in total. The topological polar surface area (TPSA) is 63.7 Å². The van der Waals surface area contributed by atoms with Gasteiger partial charge in [-0.3, -0.25) is 9.59 Å². The van der Waals surface area contributed by atoms with Gasteiger partial charge in [-0.15, -0.1) is 4.47 Å². The minimum Gasteiger partial charge on any atom is -1.00 e. The molecule has 0 aromatic carbocycles. The van der Waals surface area contributed by atoms with Gasteiger partial charge >= 0.3 is 35.5 Å². The van der Waals surface area contributed by atoms with Crippen LogP contribution in [-0.4, -0.2) is 22.1 Å². The summed E-state index contributed by atoms with van der Waals surface area (Å²) < 4.78 is 0.479. The van der Waals surface area contributed by atoms with E-state index in [4.69, 9.17) is 0 Å². The molecular formula is C7H12NNaO4S. The smallest absolute Gasteiger partial charge is 1.00 e. The van der Waals surface area contributed by atoms with E-state index in [9.17, 15) is 14.4 Å². The molecule has 0 radical (unpaired) electrons. The van der Waals surface area contributed by atoms with E-state index in [1.54, 1.807) is 6.92 Å². The summed E-state index contributed by atoms with van der Waals surface area (Å²) in [5, 5.41) is 0. The summed E-state index contributed by atoms with van der Waals surface area (Å²) in [4.78, 5) is 36.5. The zero-order chi connectivity index (χ0) is 10.4. The maximum absolute atomic E-state index is 11.0. The van der Waals surface area contributed by atoms with Crippen LogP contribution in [0.1, 0.15) is 28.1 Å². The first-order valence-electron chi connectivity index (χ1n) is 3.69. The Kier molecular flexibility index (Phi) is 9.70. The van der Waals surface area contributed by atoms with Gasteiger partial charge < -0.3 is 6.26 Å². The molecule has 0 aliphatic rings. The fourth-order valence-electron chi connectivity index (χ4n) is 0.492. The number of Topliss-reactive ketones (excluding diaryl/α,β-unsaturated/α-hetero) is 1. The van der Waals surface area contributed by atoms with Crippen molar-refractivity contribution in [1.82, 2.24) is 4.47 Å². The van der Waals surface area contributed by atoms with Gasteiger partial charge in [0.2, 0.25) is 0 Å². The number of ketones is 1. The Balaban J connectivity index is -0.000000720. The van der Waals surface area contributed by atoms with Crippen molar-refractivity contribution in [2.75, 3.05) is 0 Å². The van der Waals surface area contributed by atoms with E-state index >= 15 is 0 Å². The molecule has 0 atom stereocenters. The molecule has 0 bridgehead atoms. The maximum Gasteiger partial charge on any atom is 1.00 e. The number of hydrogen-bond acceptors (Lipinski definition) is 5. The van der Waals surface area contributed by atoms with Crippen molar-refractivity contribution in [3.8, 4) is 0 Å². The molecular weight excluding hydrogens is 217 g/mol. The third-order valence-corrected chi connectivity index (χ3v) is 1.40. The number of hydrogen-bond donors (Lipinski definition) is 1. The number of hydroxylamine groups is 1. The summed E-state index contributed by atoms with van der Waals surface area (Å²) in [5.74, 6) is -1.54. The molecule has 0 spiro atoms. The van der Waals surface area contributed by atoms with Gasteiger partial charge in [-0.05, 0) is 19.7 Å². The average Bonchev–Trinajstić information content (AvgIpc) is 2.02. The molecule has 0 aromatic rings. The summed E-state index contributed by atoms with van der Waals surface area (Å²) in [6.07, 6.45) is -0.176. The monoisotopic (exact) mass is 229 g/mol. The van der Waals surface area contributed by atoms with Crippen molar-refractivity contribution in [3.63, 3.8) is 0 Å². The van der Waals surface area contributed by atoms with Gasteiger partial charge in [0.25, 0.3) is 5.91 Å². The Morgan fingerprint density at radius 2 is 1.93 bits per heavy atom. The van der Waals surface area contributed by atoms with Gasteiger partial charge in [0.1, 0.15) is 5.78 Å². The largest absolute Gasteiger partial charge is 1.00 e. The Labute approximate surface area is 111 Å². The molecule has 0 aromatic heterocycles. The number of thiol groups is 1. The van der Waals surface area contributed by atoms with Crippen LogP contribution in [0.15, 0.2) is 0 Å². The Bertz CT molecular complexity index is 239. The first-order valence-corrected chi connectivity index (χ1v) is 4.09. The van der Waals surface area contributed by atoms with Crippen molar-refractivity contribution < 1.29 is 50.2 Å². The fraction of sp³-hybridized carbons (Fsp3) is 0.571. The van der Waals surface area contributed by atoms with E-state index in [0.29, 0.717) is 4.47 Å². The molecule has 5 nitrogen and oxygen atoms in total. The van der Waals surface area contributed by atoms with Crippen LogP contribution in [0.5, 0.6) is 0 Å². The van der Waals surface area contributed by atoms with Crippen molar-refractivity contribution in [2.24, 2.45) is 0 Å². The Morgan fingerprint density at radius 1 is 1.43 bits per heavy atom. The van der Waals surface area contributed by atoms with E-state index in [2.05, 4.69) is 17.7 Å². The first-order chi connectivity index (χ1) is 5.97. The Morgan fingerprint density at radius 3 is 2.29 bits per heavy atom. The molecule has 0 saturated carbocycles. The van der Waals surface area contributed by atoms with Crippen molar-refractivity contribution in [2.45, 2.75) is 26.7 Å². The van der Waals surface area contributed by atoms with Gasteiger partial charge in [-0.1, -0.05) is 6.92 Å². The van der Waals surface area contributed by atoms with E-state index in [0.717, 1.165) is 0 Å². The fourth-order valence-corrected chi connectivity index (χ4v) is 0.654. The number of nitrogens with zero attached hydrogens (tertiary/aromatic N) is 1. The van der Waals surface area contributed by atoms with E-state index in [1.165, 1.54) is 6.92 Å². The third-order valence-electron chi connectivity index (χ3n) is 1.09. The predicted octanol–water partition coefficient (Wildman–Crippen LogP) is -2.38. The summed E-state index contributed by atoms with van der Waals surface area (Å²) in [5.41, 5.74) is 0. The number of carbonyl (C=O) groups is 3. The normalized spacial score (nSPS) is 8.50. The van der Waals surface area contributed by atoms with Crippen LogP contribution in [0.4, 0.5) is 0 Å². The second kappa shape index (κ2) is 8.28. The molecule has 7 heteroatoms. The summed E-state index contributed by atoms with van der Waals surface area (Å²) in [6, 6.07) is 0. The van der Waals surface area contributed by atoms with E-state index in [1.807, 2.05) is 0 Å². The molecule has 0 heterocycles. The molecule has 0 aliphatic heterocycles. The van der Waals surface area contributed by atoms with E-state index < -0.39 is 11.9 Å². The minimum absolute atomic E-state index is 0. The molecule has 0 saturated heterocycles. The second-order valence-corrected chi connectivity index (χ2v) is 2.73. The minimum atomic E-state index is -0.655. The molecule has 0 fully saturated rings. The van der Waals surface area contributed by atoms with Crippen molar-refractivity contribution in [1.29, 1.82) is 0 Å². The van der Waals surface area contributed by atoms with Gasteiger partial charge in [0, 0.05) is 6.42 Å². The zero-order valence-corrected chi connectivity index (χ0v) is 11.3. The van der Waals surface area contributed by atoms with Gasteiger partial charge in [-0.2, -0.15) is 0 Å². The average molecular weight is 229 g/mol. The first kappa shape index (κ1) is 16.4. The second-order valence-electron chi connectivity index (χ2n) is 2.36. The van der Waals surface area contributed by atoms with Crippen LogP contribution in [0, 0.1) is 0 Å². The molecule has 1 amide bonds. The molecule has 14 heavy (non-hydrogen) atoms. The van der Waals surface area contributed by atoms with Gasteiger partial charge in [0.15, 0.2) is 0 Å². The number of carbonyl (C=O) groups excluding carboxylic acids is 3. The molecule has 76 valence electrons. The molecule has 0 rings (SSSR count). The van der Waals surface area contributed by atoms with Crippen LogP contribution in [0.2, 0.25) is 0 Å². The molecule has 0 aliphatic carbocycles. The number of rotatable bonds is 3. The molecule has 0 unspecified atom stereocenters. The SMILES string of the molecule is CCC(=O)ON(S)C(=O)CC(C)=O.[H-].[Na+]. The quantitative estimate of drug-likeness (QED) is 0.254.